The van der Waals surface area contributed by atoms with Gasteiger partial charge in [-0.15, -0.1) is 11.3 Å². The molecule has 2 aromatic rings. The highest BCUT2D eigenvalue weighted by Gasteiger charge is 2.08. The normalized spacial score (nSPS) is 10.4. The molecular weight excluding hydrogens is 224 g/mol. The summed E-state index contributed by atoms with van der Waals surface area (Å²) in [5.41, 5.74) is 0.800. The minimum absolute atomic E-state index is 0.0976. The smallest absolute Gasteiger partial charge is 0.232 e. The Morgan fingerprint density at radius 3 is 3.00 bits per heavy atom. The van der Waals surface area contributed by atoms with Gasteiger partial charge in [-0.05, 0) is 6.92 Å². The molecule has 6 heteroatoms. The fourth-order valence-corrected chi connectivity index (χ4v) is 1.92. The second kappa shape index (κ2) is 4.44. The minimum atomic E-state index is -0.0976. The summed E-state index contributed by atoms with van der Waals surface area (Å²) >= 11 is 1.55. The molecule has 0 aromatic carbocycles. The molecule has 0 spiro atoms. The number of imidazole rings is 1. The number of hydrogen-bond acceptors (Lipinski definition) is 4. The highest BCUT2D eigenvalue weighted by atomic mass is 32.1. The Kier molecular flexibility index (Phi) is 3.00. The van der Waals surface area contributed by atoms with Crippen LogP contribution < -0.4 is 5.32 Å². The topological polar surface area (TPSA) is 59.8 Å². The molecule has 84 valence electrons. The number of aryl methyl sites for hydroxylation is 2. The van der Waals surface area contributed by atoms with E-state index in [-0.39, 0.29) is 12.3 Å². The third-order valence-electron chi connectivity index (χ3n) is 2.08. The van der Waals surface area contributed by atoms with Crippen molar-refractivity contribution in [3.05, 3.63) is 28.5 Å². The van der Waals surface area contributed by atoms with E-state index in [2.05, 4.69) is 15.3 Å². The molecule has 0 radical (unpaired) electrons. The van der Waals surface area contributed by atoms with Crippen molar-refractivity contribution in [2.75, 3.05) is 5.32 Å². The van der Waals surface area contributed by atoms with Gasteiger partial charge < -0.3 is 4.57 Å². The third-order valence-corrected chi connectivity index (χ3v) is 2.90. The molecule has 1 amide bonds. The molecule has 0 atom stereocenters. The van der Waals surface area contributed by atoms with Crippen LogP contribution in [-0.4, -0.2) is 20.4 Å². The Labute approximate surface area is 97.2 Å². The first-order valence-corrected chi connectivity index (χ1v) is 5.71. The van der Waals surface area contributed by atoms with Crippen molar-refractivity contribution in [2.45, 2.75) is 13.3 Å². The van der Waals surface area contributed by atoms with E-state index in [9.17, 15) is 4.79 Å². The number of nitrogens with zero attached hydrogens (tertiary/aromatic N) is 3. The number of anilines is 1. The Balaban J connectivity index is 1.97. The van der Waals surface area contributed by atoms with Gasteiger partial charge in [-0.1, -0.05) is 0 Å². The highest BCUT2D eigenvalue weighted by molar-refractivity contribution is 7.09. The second-order valence-electron chi connectivity index (χ2n) is 3.44. The summed E-state index contributed by atoms with van der Waals surface area (Å²) in [6.07, 6.45) is 3.71. The number of thiazole rings is 1. The summed E-state index contributed by atoms with van der Waals surface area (Å²) in [6.45, 7) is 1.92. The lowest BCUT2D eigenvalue weighted by atomic mass is 10.3. The monoisotopic (exact) mass is 236 g/mol. The highest BCUT2D eigenvalue weighted by Crippen LogP contribution is 2.09. The number of carbonyl (C=O) groups excluding carboxylic acids is 1. The van der Waals surface area contributed by atoms with Gasteiger partial charge >= 0.3 is 0 Å². The van der Waals surface area contributed by atoms with Gasteiger partial charge in [-0.25, -0.2) is 9.97 Å². The zero-order valence-electron chi connectivity index (χ0n) is 9.10. The maximum absolute atomic E-state index is 11.6. The molecule has 2 aromatic heterocycles. The van der Waals surface area contributed by atoms with Crippen molar-refractivity contribution >= 4 is 23.2 Å². The van der Waals surface area contributed by atoms with Crippen LogP contribution in [0.1, 0.15) is 10.7 Å². The number of hydrogen-bond donors (Lipinski definition) is 1. The summed E-state index contributed by atoms with van der Waals surface area (Å²) in [5.74, 6) is 0.455. The zero-order valence-corrected chi connectivity index (χ0v) is 9.91. The molecule has 0 saturated carbocycles. The molecule has 2 heterocycles. The van der Waals surface area contributed by atoms with Crippen LogP contribution in [0.2, 0.25) is 0 Å². The molecular formula is C10H12N4OS. The lowest BCUT2D eigenvalue weighted by Crippen LogP contribution is -2.17. The first kappa shape index (κ1) is 10.8. The van der Waals surface area contributed by atoms with E-state index in [1.54, 1.807) is 28.3 Å². The standard InChI is InChI=1S/C10H12N4OS/c1-7-12-8(6-16-7)5-9(15)13-10-11-3-4-14(10)2/h3-4,6H,5H2,1-2H3,(H,11,13,15). The minimum Gasteiger partial charge on any atom is -0.320 e. The summed E-state index contributed by atoms with van der Waals surface area (Å²) in [4.78, 5) is 19.9. The first-order valence-electron chi connectivity index (χ1n) is 4.83. The molecule has 16 heavy (non-hydrogen) atoms. The molecule has 0 aliphatic rings. The Hall–Kier alpha value is -1.69. The van der Waals surface area contributed by atoms with Crippen molar-refractivity contribution in [3.63, 3.8) is 0 Å². The van der Waals surface area contributed by atoms with Crippen LogP contribution in [0.15, 0.2) is 17.8 Å². The fourth-order valence-electron chi connectivity index (χ4n) is 1.31. The van der Waals surface area contributed by atoms with Crippen LogP contribution >= 0.6 is 11.3 Å². The van der Waals surface area contributed by atoms with Crippen molar-refractivity contribution in [1.82, 2.24) is 14.5 Å². The van der Waals surface area contributed by atoms with Crippen LogP contribution in [0.25, 0.3) is 0 Å². The van der Waals surface area contributed by atoms with Gasteiger partial charge in [0.05, 0.1) is 17.1 Å². The molecule has 0 bridgehead atoms. The van der Waals surface area contributed by atoms with Crippen LogP contribution in [-0.2, 0) is 18.3 Å². The third kappa shape index (κ3) is 2.46. The van der Waals surface area contributed by atoms with Gasteiger partial charge in [0.25, 0.3) is 0 Å². The van der Waals surface area contributed by atoms with E-state index in [0.29, 0.717) is 5.95 Å². The van der Waals surface area contributed by atoms with E-state index in [0.717, 1.165) is 10.7 Å². The van der Waals surface area contributed by atoms with E-state index < -0.39 is 0 Å². The molecule has 0 saturated heterocycles. The van der Waals surface area contributed by atoms with Crippen LogP contribution in [0, 0.1) is 6.92 Å². The van der Waals surface area contributed by atoms with Crippen molar-refractivity contribution in [1.29, 1.82) is 0 Å². The first-order chi connectivity index (χ1) is 7.65. The van der Waals surface area contributed by atoms with Gasteiger partial charge in [-0.2, -0.15) is 0 Å². The Morgan fingerprint density at radius 1 is 1.62 bits per heavy atom. The summed E-state index contributed by atoms with van der Waals surface area (Å²) in [7, 11) is 1.83. The van der Waals surface area contributed by atoms with Crippen LogP contribution in [0.4, 0.5) is 5.95 Å². The van der Waals surface area contributed by atoms with Crippen molar-refractivity contribution < 1.29 is 4.79 Å². The Morgan fingerprint density at radius 2 is 2.44 bits per heavy atom. The molecule has 0 aliphatic carbocycles. The molecule has 5 nitrogen and oxygen atoms in total. The van der Waals surface area contributed by atoms with E-state index in [1.165, 1.54) is 0 Å². The lowest BCUT2D eigenvalue weighted by Gasteiger charge is -2.02. The number of rotatable bonds is 3. The largest absolute Gasteiger partial charge is 0.320 e. The van der Waals surface area contributed by atoms with Crippen molar-refractivity contribution in [2.24, 2.45) is 7.05 Å². The summed E-state index contributed by atoms with van der Waals surface area (Å²) < 4.78 is 1.75. The Bertz CT molecular complexity index is 502. The van der Waals surface area contributed by atoms with Crippen LogP contribution in [0.3, 0.4) is 0 Å². The van der Waals surface area contributed by atoms with Gasteiger partial charge in [-0.3, -0.25) is 10.1 Å². The lowest BCUT2D eigenvalue weighted by molar-refractivity contribution is -0.115. The number of amides is 1. The fraction of sp³-hybridized carbons (Fsp3) is 0.300. The van der Waals surface area contributed by atoms with Gasteiger partial charge in [0.15, 0.2) is 0 Å². The summed E-state index contributed by atoms with van der Waals surface area (Å²) in [5, 5.41) is 5.59. The second-order valence-corrected chi connectivity index (χ2v) is 4.51. The number of carbonyl (C=O) groups is 1. The van der Waals surface area contributed by atoms with E-state index in [1.807, 2.05) is 19.4 Å². The molecule has 1 N–H and O–H groups in total. The van der Waals surface area contributed by atoms with E-state index >= 15 is 0 Å². The van der Waals surface area contributed by atoms with Crippen molar-refractivity contribution in [3.8, 4) is 0 Å². The van der Waals surface area contributed by atoms with Gasteiger partial charge in [0.2, 0.25) is 11.9 Å². The van der Waals surface area contributed by atoms with E-state index in [4.69, 9.17) is 0 Å². The molecule has 2 rings (SSSR count). The number of nitrogens with one attached hydrogen (secondary N) is 1. The molecule has 0 aliphatic heterocycles. The predicted octanol–water partition coefficient (Wildman–Crippen LogP) is 1.37. The summed E-state index contributed by atoms with van der Waals surface area (Å²) in [6, 6.07) is 0. The average Bonchev–Trinajstić information content (AvgIpc) is 2.77. The average molecular weight is 236 g/mol. The SMILES string of the molecule is Cc1nc(CC(=O)Nc2nccn2C)cs1. The van der Waals surface area contributed by atoms with Gasteiger partial charge in [0, 0.05) is 24.8 Å². The maximum Gasteiger partial charge on any atom is 0.232 e. The van der Waals surface area contributed by atoms with Gasteiger partial charge in [0.1, 0.15) is 0 Å². The quantitative estimate of drug-likeness (QED) is 0.875. The zero-order chi connectivity index (χ0) is 11.5. The maximum atomic E-state index is 11.6. The van der Waals surface area contributed by atoms with Crippen LogP contribution in [0.5, 0.6) is 0 Å². The predicted molar refractivity (Wildman–Crippen MR) is 62.4 cm³/mol. The molecule has 0 fully saturated rings. The number of aromatic nitrogens is 3. The molecule has 0 unspecified atom stereocenters.